The second-order valence-electron chi connectivity index (χ2n) is 7.40. The second-order valence-corrected chi connectivity index (χ2v) is 7.40. The van der Waals surface area contributed by atoms with Crippen molar-refractivity contribution in [2.24, 2.45) is 7.05 Å². The van der Waals surface area contributed by atoms with Gasteiger partial charge in [-0.15, -0.1) is 0 Å². The van der Waals surface area contributed by atoms with Crippen LogP contribution >= 0.6 is 0 Å². The van der Waals surface area contributed by atoms with Gasteiger partial charge in [0.25, 0.3) is 0 Å². The number of hydrogen-bond donors (Lipinski definition) is 0. The first kappa shape index (κ1) is 17.0. The molecule has 0 saturated carbocycles. The zero-order valence-electron chi connectivity index (χ0n) is 15.6. The predicted octanol–water partition coefficient (Wildman–Crippen LogP) is 2.80. The van der Waals surface area contributed by atoms with Crippen LogP contribution in [-0.4, -0.2) is 46.8 Å². The van der Waals surface area contributed by atoms with E-state index in [1.165, 1.54) is 22.3 Å². The van der Waals surface area contributed by atoms with Crippen LogP contribution in [0.1, 0.15) is 29.5 Å². The van der Waals surface area contributed by atoms with E-state index in [0.717, 1.165) is 44.6 Å². The van der Waals surface area contributed by atoms with Gasteiger partial charge in [-0.05, 0) is 43.4 Å². The summed E-state index contributed by atoms with van der Waals surface area (Å²) < 4.78 is 1.83. The van der Waals surface area contributed by atoms with Crippen LogP contribution in [-0.2, 0) is 18.3 Å². The summed E-state index contributed by atoms with van der Waals surface area (Å²) in [6, 6.07) is 6.44. The van der Waals surface area contributed by atoms with Crippen LogP contribution in [0.25, 0.3) is 5.57 Å². The lowest BCUT2D eigenvalue weighted by Crippen LogP contribution is -2.43. The Morgan fingerprint density at radius 1 is 1.23 bits per heavy atom. The third-order valence-corrected chi connectivity index (χ3v) is 5.38. The molecule has 4 rings (SSSR count). The van der Waals surface area contributed by atoms with Gasteiger partial charge in [0, 0.05) is 44.1 Å². The zero-order chi connectivity index (χ0) is 18.1. The number of rotatable bonds is 3. The molecule has 136 valence electrons. The lowest BCUT2D eigenvalue weighted by Gasteiger charge is -2.33. The number of carbonyl (C=O) groups excluding carboxylic acids is 1. The molecule has 0 atom stereocenters. The van der Waals surface area contributed by atoms with Gasteiger partial charge >= 0.3 is 0 Å². The summed E-state index contributed by atoms with van der Waals surface area (Å²) in [4.78, 5) is 17.1. The lowest BCUT2D eigenvalue weighted by atomic mass is 9.99. The molecule has 0 unspecified atom stereocenters. The van der Waals surface area contributed by atoms with Gasteiger partial charge < -0.3 is 4.90 Å². The maximum absolute atomic E-state index is 12.9. The van der Waals surface area contributed by atoms with Crippen molar-refractivity contribution >= 4 is 17.2 Å². The van der Waals surface area contributed by atoms with E-state index < -0.39 is 0 Å². The summed E-state index contributed by atoms with van der Waals surface area (Å²) in [5.74, 6) is 0.216. The van der Waals surface area contributed by atoms with Gasteiger partial charge in [0.2, 0.25) is 5.91 Å². The Kier molecular flexibility index (Phi) is 4.64. The lowest BCUT2D eigenvalue weighted by molar-refractivity contribution is -0.119. The summed E-state index contributed by atoms with van der Waals surface area (Å²) in [6.45, 7) is 5.18. The number of amides is 1. The summed E-state index contributed by atoms with van der Waals surface area (Å²) in [6.07, 6.45) is 9.30. The minimum atomic E-state index is 0.216. The maximum Gasteiger partial charge on any atom is 0.241 e. The van der Waals surface area contributed by atoms with Crippen molar-refractivity contribution in [3.05, 3.63) is 53.4 Å². The number of benzene rings is 1. The Bertz CT molecular complexity index is 851. The van der Waals surface area contributed by atoms with Gasteiger partial charge in [-0.2, -0.15) is 5.10 Å². The fraction of sp³-hybridized carbons (Fsp3) is 0.429. The molecule has 2 aromatic rings. The number of aryl methyl sites for hydroxylation is 3. The summed E-state index contributed by atoms with van der Waals surface area (Å²) >= 11 is 0. The maximum atomic E-state index is 12.9. The highest BCUT2D eigenvalue weighted by Crippen LogP contribution is 2.28. The first-order chi connectivity index (χ1) is 12.6. The predicted molar refractivity (Wildman–Crippen MR) is 104 cm³/mol. The van der Waals surface area contributed by atoms with Gasteiger partial charge in [0.1, 0.15) is 0 Å². The molecule has 1 aromatic heterocycles. The van der Waals surface area contributed by atoms with Crippen LogP contribution in [0.15, 0.2) is 36.7 Å². The Hall–Kier alpha value is -2.40. The highest BCUT2D eigenvalue weighted by atomic mass is 16.2. The largest absolute Gasteiger partial charge is 0.311 e. The van der Waals surface area contributed by atoms with Crippen molar-refractivity contribution < 1.29 is 4.79 Å². The van der Waals surface area contributed by atoms with Gasteiger partial charge in [-0.3, -0.25) is 14.4 Å². The third kappa shape index (κ3) is 3.44. The number of carbonyl (C=O) groups is 1. The fourth-order valence-corrected chi connectivity index (χ4v) is 3.97. The molecule has 2 aliphatic rings. The second kappa shape index (κ2) is 7.08. The molecular formula is C21H26N4O. The molecule has 2 aliphatic heterocycles. The minimum absolute atomic E-state index is 0.216. The van der Waals surface area contributed by atoms with E-state index >= 15 is 0 Å². The van der Waals surface area contributed by atoms with E-state index in [2.05, 4.69) is 47.4 Å². The number of fused-ring (bicyclic) bond motifs is 1. The molecule has 1 aromatic carbocycles. The average molecular weight is 350 g/mol. The molecule has 5 heteroatoms. The third-order valence-electron chi connectivity index (χ3n) is 5.38. The topological polar surface area (TPSA) is 41.4 Å². The Morgan fingerprint density at radius 3 is 2.85 bits per heavy atom. The molecule has 0 N–H and O–H groups in total. The number of hydrogen-bond acceptors (Lipinski definition) is 3. The van der Waals surface area contributed by atoms with Gasteiger partial charge in [0.05, 0.1) is 12.7 Å². The van der Waals surface area contributed by atoms with E-state index in [1.807, 2.05) is 22.8 Å². The van der Waals surface area contributed by atoms with Crippen LogP contribution in [0.4, 0.5) is 5.69 Å². The molecular weight excluding hydrogens is 324 g/mol. The highest BCUT2D eigenvalue weighted by Gasteiger charge is 2.25. The molecule has 26 heavy (non-hydrogen) atoms. The highest BCUT2D eigenvalue weighted by molar-refractivity contribution is 5.96. The van der Waals surface area contributed by atoms with Crippen molar-refractivity contribution in [1.82, 2.24) is 14.7 Å². The van der Waals surface area contributed by atoms with Crippen molar-refractivity contribution in [3.8, 4) is 0 Å². The SMILES string of the molecule is Cc1ccc2c(c1)CCCN2C(=O)CN1CC=C(c2cnn(C)c2)CC1. The normalized spacial score (nSPS) is 17.8. The molecule has 0 aliphatic carbocycles. The van der Waals surface area contributed by atoms with E-state index in [0.29, 0.717) is 6.54 Å². The monoisotopic (exact) mass is 350 g/mol. The van der Waals surface area contributed by atoms with Gasteiger partial charge in [0.15, 0.2) is 0 Å². The van der Waals surface area contributed by atoms with E-state index in [1.54, 1.807) is 0 Å². The van der Waals surface area contributed by atoms with E-state index in [4.69, 9.17) is 0 Å². The van der Waals surface area contributed by atoms with Crippen LogP contribution in [0.5, 0.6) is 0 Å². The van der Waals surface area contributed by atoms with Gasteiger partial charge in [-0.25, -0.2) is 0 Å². The van der Waals surface area contributed by atoms with Crippen LogP contribution < -0.4 is 4.90 Å². The quantitative estimate of drug-likeness (QED) is 0.855. The van der Waals surface area contributed by atoms with Crippen molar-refractivity contribution in [2.75, 3.05) is 31.1 Å². The van der Waals surface area contributed by atoms with Crippen LogP contribution in [0.2, 0.25) is 0 Å². The minimum Gasteiger partial charge on any atom is -0.311 e. The summed E-state index contributed by atoms with van der Waals surface area (Å²) in [5.41, 5.74) is 6.21. The summed E-state index contributed by atoms with van der Waals surface area (Å²) in [7, 11) is 1.94. The number of aromatic nitrogens is 2. The van der Waals surface area contributed by atoms with Crippen LogP contribution in [0.3, 0.4) is 0 Å². The molecule has 3 heterocycles. The standard InChI is InChI=1S/C21H26N4O/c1-16-5-6-20-18(12-16)4-3-9-25(20)21(26)15-24-10-7-17(8-11-24)19-13-22-23(2)14-19/h5-7,12-14H,3-4,8-11,15H2,1-2H3. The number of anilines is 1. The average Bonchev–Trinajstić information content (AvgIpc) is 3.08. The molecule has 0 radical (unpaired) electrons. The Morgan fingerprint density at radius 2 is 2.12 bits per heavy atom. The van der Waals surface area contributed by atoms with E-state index in [9.17, 15) is 4.79 Å². The van der Waals surface area contributed by atoms with E-state index in [-0.39, 0.29) is 5.91 Å². The molecule has 5 nitrogen and oxygen atoms in total. The molecule has 0 fully saturated rings. The van der Waals surface area contributed by atoms with Crippen molar-refractivity contribution in [1.29, 1.82) is 0 Å². The molecule has 1 amide bonds. The van der Waals surface area contributed by atoms with Crippen molar-refractivity contribution in [3.63, 3.8) is 0 Å². The number of nitrogens with zero attached hydrogens (tertiary/aromatic N) is 4. The first-order valence-electron chi connectivity index (χ1n) is 9.40. The Balaban J connectivity index is 1.41. The van der Waals surface area contributed by atoms with Crippen LogP contribution in [0, 0.1) is 6.92 Å². The van der Waals surface area contributed by atoms with Gasteiger partial charge in [-0.1, -0.05) is 23.8 Å². The molecule has 0 bridgehead atoms. The fourth-order valence-electron chi connectivity index (χ4n) is 3.97. The molecule has 0 spiro atoms. The molecule has 0 saturated heterocycles. The first-order valence-corrected chi connectivity index (χ1v) is 9.40. The zero-order valence-corrected chi connectivity index (χ0v) is 15.6. The Labute approximate surface area is 154 Å². The van der Waals surface area contributed by atoms with Crippen molar-refractivity contribution in [2.45, 2.75) is 26.2 Å². The summed E-state index contributed by atoms with van der Waals surface area (Å²) in [5, 5.41) is 4.25. The smallest absolute Gasteiger partial charge is 0.241 e.